The van der Waals surface area contributed by atoms with Gasteiger partial charge < -0.3 is 5.11 Å². The van der Waals surface area contributed by atoms with Crippen molar-refractivity contribution in [3.8, 4) is 5.75 Å². The van der Waals surface area contributed by atoms with Gasteiger partial charge in [0.25, 0.3) is 0 Å². The molecule has 0 aliphatic rings. The van der Waals surface area contributed by atoms with E-state index in [1.54, 1.807) is 46.8 Å². The van der Waals surface area contributed by atoms with Crippen LogP contribution in [0.25, 0.3) is 6.08 Å². The maximum absolute atomic E-state index is 13.1. The third kappa shape index (κ3) is 7.64. The van der Waals surface area contributed by atoms with Crippen LogP contribution in [-0.4, -0.2) is 36.7 Å². The van der Waals surface area contributed by atoms with Crippen molar-refractivity contribution in [1.82, 2.24) is 4.31 Å². The maximum atomic E-state index is 13.1. The second kappa shape index (κ2) is 12.4. The minimum absolute atomic E-state index is 0.131. The van der Waals surface area contributed by atoms with E-state index < -0.39 is 10.0 Å². The summed E-state index contributed by atoms with van der Waals surface area (Å²) in [5.41, 5.74) is 1.13. The van der Waals surface area contributed by atoms with Crippen molar-refractivity contribution in [3.05, 3.63) is 65.7 Å². The second-order valence-electron chi connectivity index (χ2n) is 7.64. The number of phenols is 1. The van der Waals surface area contributed by atoms with Gasteiger partial charge in [0.2, 0.25) is 10.0 Å². The molecule has 31 heavy (non-hydrogen) atoms. The van der Waals surface area contributed by atoms with Crippen molar-refractivity contribution in [3.63, 3.8) is 0 Å². The lowest BCUT2D eigenvalue weighted by atomic mass is 10.1. The minimum atomic E-state index is -3.59. The summed E-state index contributed by atoms with van der Waals surface area (Å²) in [5, 5.41) is 9.50. The van der Waals surface area contributed by atoms with E-state index >= 15 is 0 Å². The van der Waals surface area contributed by atoms with E-state index in [2.05, 4.69) is 13.8 Å². The molecular formula is C25H33NO4S. The minimum Gasteiger partial charge on any atom is -0.508 e. The van der Waals surface area contributed by atoms with Crippen LogP contribution in [0.4, 0.5) is 0 Å². The highest BCUT2D eigenvalue weighted by Gasteiger charge is 2.23. The molecule has 0 saturated heterocycles. The largest absolute Gasteiger partial charge is 0.508 e. The molecule has 2 rings (SSSR count). The summed E-state index contributed by atoms with van der Waals surface area (Å²) < 4.78 is 27.9. The van der Waals surface area contributed by atoms with Gasteiger partial charge in [0.15, 0.2) is 5.78 Å². The highest BCUT2D eigenvalue weighted by atomic mass is 32.2. The summed E-state index contributed by atoms with van der Waals surface area (Å²) in [6.07, 6.45) is 8.80. The Morgan fingerprint density at radius 3 is 2.10 bits per heavy atom. The van der Waals surface area contributed by atoms with Crippen LogP contribution in [0.15, 0.2) is 59.5 Å². The third-order valence-electron chi connectivity index (χ3n) is 5.10. The lowest BCUT2D eigenvalue weighted by Crippen LogP contribution is -2.33. The lowest BCUT2D eigenvalue weighted by Gasteiger charge is -2.22. The van der Waals surface area contributed by atoms with Crippen LogP contribution >= 0.6 is 0 Å². The number of unbranched alkanes of at least 4 members (excludes halogenated alkanes) is 4. The van der Waals surface area contributed by atoms with E-state index in [-0.39, 0.29) is 16.4 Å². The van der Waals surface area contributed by atoms with E-state index in [4.69, 9.17) is 0 Å². The van der Waals surface area contributed by atoms with Crippen LogP contribution in [0.2, 0.25) is 0 Å². The van der Waals surface area contributed by atoms with Gasteiger partial charge >= 0.3 is 0 Å². The van der Waals surface area contributed by atoms with Gasteiger partial charge in [0, 0.05) is 18.7 Å². The highest BCUT2D eigenvalue weighted by molar-refractivity contribution is 7.89. The van der Waals surface area contributed by atoms with Crippen LogP contribution in [0.1, 0.15) is 68.3 Å². The summed E-state index contributed by atoms with van der Waals surface area (Å²) in [6, 6.07) is 12.7. The number of allylic oxidation sites excluding steroid dienone is 1. The van der Waals surface area contributed by atoms with Crippen LogP contribution in [0.5, 0.6) is 5.75 Å². The van der Waals surface area contributed by atoms with Crippen LogP contribution in [-0.2, 0) is 10.0 Å². The van der Waals surface area contributed by atoms with Gasteiger partial charge in [-0.05, 0) is 60.9 Å². The molecule has 0 saturated carbocycles. The number of aromatic hydroxyl groups is 1. The van der Waals surface area contributed by atoms with Gasteiger partial charge in [-0.2, -0.15) is 4.31 Å². The first-order valence-electron chi connectivity index (χ1n) is 11.0. The van der Waals surface area contributed by atoms with E-state index in [1.165, 1.54) is 18.2 Å². The van der Waals surface area contributed by atoms with Gasteiger partial charge in [-0.15, -0.1) is 0 Å². The monoisotopic (exact) mass is 443 g/mol. The van der Waals surface area contributed by atoms with Crippen molar-refractivity contribution >= 4 is 21.9 Å². The van der Waals surface area contributed by atoms with E-state index in [0.29, 0.717) is 24.2 Å². The number of phenolic OH excluding ortho intramolecular Hbond substituents is 1. The first kappa shape index (κ1) is 24.8. The fourth-order valence-corrected chi connectivity index (χ4v) is 4.78. The normalized spacial score (nSPS) is 12.0. The first-order valence-corrected chi connectivity index (χ1v) is 12.4. The number of carbonyl (C=O) groups is 1. The Labute approximate surface area is 186 Å². The average molecular weight is 444 g/mol. The van der Waals surface area contributed by atoms with Gasteiger partial charge in [0.1, 0.15) is 5.75 Å². The number of carbonyl (C=O) groups excluding carboxylic acids is 1. The molecule has 0 fully saturated rings. The van der Waals surface area contributed by atoms with E-state index in [0.717, 1.165) is 38.5 Å². The second-order valence-corrected chi connectivity index (χ2v) is 9.57. The number of benzene rings is 2. The summed E-state index contributed by atoms with van der Waals surface area (Å²) in [6.45, 7) is 5.24. The number of rotatable bonds is 13. The molecule has 2 aromatic carbocycles. The molecule has 0 amide bonds. The molecule has 2 aromatic rings. The average Bonchev–Trinajstić information content (AvgIpc) is 2.76. The van der Waals surface area contributed by atoms with Gasteiger partial charge in [-0.25, -0.2) is 8.42 Å². The van der Waals surface area contributed by atoms with Crippen LogP contribution in [0.3, 0.4) is 0 Å². The third-order valence-corrected chi connectivity index (χ3v) is 7.01. The van der Waals surface area contributed by atoms with Gasteiger partial charge in [-0.1, -0.05) is 57.7 Å². The van der Waals surface area contributed by atoms with Crippen molar-refractivity contribution in [2.75, 3.05) is 13.1 Å². The SMILES string of the molecule is CCCCCN(CCCCC)S(=O)(=O)c1ccc(C(=O)/C=C/c2cccc(O)c2)cc1. The predicted octanol–water partition coefficient (Wildman–Crippen LogP) is 5.66. The number of sulfonamides is 1. The molecule has 0 spiro atoms. The molecule has 0 aromatic heterocycles. The highest BCUT2D eigenvalue weighted by Crippen LogP contribution is 2.19. The zero-order valence-electron chi connectivity index (χ0n) is 18.5. The Bertz CT molecular complexity index is 955. The molecule has 5 nitrogen and oxygen atoms in total. The Balaban J connectivity index is 2.13. The van der Waals surface area contributed by atoms with Crippen LogP contribution in [0, 0.1) is 0 Å². The van der Waals surface area contributed by atoms with Crippen LogP contribution < -0.4 is 0 Å². The molecule has 0 atom stereocenters. The molecule has 0 unspecified atom stereocenters. The topological polar surface area (TPSA) is 74.7 Å². The van der Waals surface area contributed by atoms with Crippen molar-refractivity contribution in [1.29, 1.82) is 0 Å². The molecule has 0 aliphatic carbocycles. The quantitative estimate of drug-likeness (QED) is 0.246. The molecule has 1 N–H and O–H groups in total. The molecule has 0 bridgehead atoms. The molecule has 0 radical (unpaired) electrons. The number of hydrogen-bond donors (Lipinski definition) is 1. The summed E-state index contributed by atoms with van der Waals surface area (Å²) >= 11 is 0. The fraction of sp³-hybridized carbons (Fsp3) is 0.400. The van der Waals surface area contributed by atoms with Gasteiger partial charge in [0.05, 0.1) is 4.90 Å². The zero-order valence-corrected chi connectivity index (χ0v) is 19.3. The standard InChI is InChI=1S/C25H33NO4S/c1-3-5-7-18-26(19-8-6-4-2)31(29,30)24-15-13-22(14-16-24)25(28)17-12-21-10-9-11-23(27)20-21/h9-17,20,27H,3-8,18-19H2,1-2H3/b17-12+. The Kier molecular flexibility index (Phi) is 9.95. The van der Waals surface area contributed by atoms with Crippen molar-refractivity contribution in [2.24, 2.45) is 0 Å². The predicted molar refractivity (Wildman–Crippen MR) is 126 cm³/mol. The maximum Gasteiger partial charge on any atom is 0.243 e. The molecule has 168 valence electrons. The van der Waals surface area contributed by atoms with E-state index in [1.807, 2.05) is 0 Å². The van der Waals surface area contributed by atoms with Crippen molar-refractivity contribution < 1.29 is 18.3 Å². The molecule has 6 heteroatoms. The number of nitrogens with zero attached hydrogens (tertiary/aromatic N) is 1. The summed E-state index contributed by atoms with van der Waals surface area (Å²) in [7, 11) is -3.59. The van der Waals surface area contributed by atoms with Crippen molar-refractivity contribution in [2.45, 2.75) is 57.3 Å². The summed E-state index contributed by atoms with van der Waals surface area (Å²) in [5.74, 6) is -0.0957. The first-order chi connectivity index (χ1) is 14.9. The van der Waals surface area contributed by atoms with E-state index in [9.17, 15) is 18.3 Å². The Morgan fingerprint density at radius 1 is 0.935 bits per heavy atom. The smallest absolute Gasteiger partial charge is 0.243 e. The summed E-state index contributed by atoms with van der Waals surface area (Å²) in [4.78, 5) is 12.7. The molecule has 0 heterocycles. The molecule has 0 aliphatic heterocycles. The number of ketones is 1. The Hall–Kier alpha value is -2.44. The zero-order chi connectivity index (χ0) is 22.7. The van der Waals surface area contributed by atoms with Gasteiger partial charge in [-0.3, -0.25) is 4.79 Å². The lowest BCUT2D eigenvalue weighted by molar-refractivity contribution is 0.104. The molecular weight excluding hydrogens is 410 g/mol. The Morgan fingerprint density at radius 2 is 1.55 bits per heavy atom. The number of hydrogen-bond acceptors (Lipinski definition) is 4. The fourth-order valence-electron chi connectivity index (χ4n) is 3.27.